The van der Waals surface area contributed by atoms with Crippen LogP contribution in [0.1, 0.15) is 22.4 Å². The number of nitrogens with one attached hydrogen (secondary N) is 1. The van der Waals surface area contributed by atoms with E-state index in [0.717, 1.165) is 23.4 Å². The summed E-state index contributed by atoms with van der Waals surface area (Å²) in [5.74, 6) is 0. The second kappa shape index (κ2) is 6.18. The van der Waals surface area contributed by atoms with E-state index in [1.807, 2.05) is 56.4 Å². The molecule has 1 aromatic carbocycles. The SMILES string of the molecule is Cc1nc2c(CN(C)C)c[nH]n2c(=O)c1Cc1cccc(Cl)c1. The van der Waals surface area contributed by atoms with E-state index in [0.29, 0.717) is 22.7 Å². The molecule has 2 heterocycles. The maximum Gasteiger partial charge on any atom is 0.276 e. The molecule has 0 unspecified atom stereocenters. The molecule has 0 fully saturated rings. The topological polar surface area (TPSA) is 53.4 Å². The third kappa shape index (κ3) is 3.16. The Morgan fingerprint density at radius 3 is 2.83 bits per heavy atom. The molecule has 0 bridgehead atoms. The van der Waals surface area contributed by atoms with Gasteiger partial charge in [0, 0.05) is 41.0 Å². The van der Waals surface area contributed by atoms with E-state index in [2.05, 4.69) is 10.1 Å². The number of hydrogen-bond acceptors (Lipinski definition) is 3. The van der Waals surface area contributed by atoms with Crippen LogP contribution in [0.2, 0.25) is 5.02 Å². The molecule has 6 heteroatoms. The number of benzene rings is 1. The number of aromatic nitrogens is 3. The minimum absolute atomic E-state index is 0.0579. The molecule has 2 aromatic heterocycles. The van der Waals surface area contributed by atoms with E-state index >= 15 is 0 Å². The van der Waals surface area contributed by atoms with Gasteiger partial charge in [-0.05, 0) is 38.7 Å². The Bertz CT molecular complexity index is 911. The van der Waals surface area contributed by atoms with Gasteiger partial charge in [-0.2, -0.15) is 0 Å². The van der Waals surface area contributed by atoms with Crippen molar-refractivity contribution in [2.24, 2.45) is 0 Å². The van der Waals surface area contributed by atoms with Crippen molar-refractivity contribution >= 4 is 17.2 Å². The smallest absolute Gasteiger partial charge is 0.276 e. The summed E-state index contributed by atoms with van der Waals surface area (Å²) in [6, 6.07) is 7.55. The Labute approximate surface area is 139 Å². The van der Waals surface area contributed by atoms with Crippen molar-refractivity contribution in [3.63, 3.8) is 0 Å². The first kappa shape index (κ1) is 15.8. The monoisotopic (exact) mass is 330 g/mol. The molecule has 0 spiro atoms. The van der Waals surface area contributed by atoms with Crippen LogP contribution in [0.15, 0.2) is 35.3 Å². The zero-order valence-electron chi connectivity index (χ0n) is 13.4. The third-order valence-corrected chi connectivity index (χ3v) is 4.03. The van der Waals surface area contributed by atoms with Crippen LogP contribution in [0.4, 0.5) is 0 Å². The molecular weight excluding hydrogens is 312 g/mol. The molecule has 0 saturated heterocycles. The average Bonchev–Trinajstić information content (AvgIpc) is 2.86. The number of hydrogen-bond donors (Lipinski definition) is 1. The molecule has 1 N–H and O–H groups in total. The molecule has 0 saturated carbocycles. The second-order valence-electron chi connectivity index (χ2n) is 5.98. The van der Waals surface area contributed by atoms with Crippen LogP contribution in [0.3, 0.4) is 0 Å². The Hall–Kier alpha value is -2.11. The Kier molecular flexibility index (Phi) is 4.24. The third-order valence-electron chi connectivity index (χ3n) is 3.79. The molecule has 0 aliphatic heterocycles. The van der Waals surface area contributed by atoms with Crippen LogP contribution >= 0.6 is 11.6 Å². The van der Waals surface area contributed by atoms with Crippen LogP contribution in [0.5, 0.6) is 0 Å². The Balaban J connectivity index is 2.07. The zero-order valence-corrected chi connectivity index (χ0v) is 14.2. The fourth-order valence-corrected chi connectivity index (χ4v) is 2.93. The van der Waals surface area contributed by atoms with Gasteiger partial charge in [0.1, 0.15) is 0 Å². The number of nitrogens with zero attached hydrogens (tertiary/aromatic N) is 3. The van der Waals surface area contributed by atoms with Gasteiger partial charge in [-0.3, -0.25) is 9.89 Å². The van der Waals surface area contributed by atoms with E-state index in [9.17, 15) is 4.79 Å². The van der Waals surface area contributed by atoms with Crippen molar-refractivity contribution in [2.75, 3.05) is 14.1 Å². The Morgan fingerprint density at radius 1 is 1.35 bits per heavy atom. The van der Waals surface area contributed by atoms with Crippen molar-refractivity contribution in [3.8, 4) is 0 Å². The molecular formula is C17H19ClN4O. The fraction of sp³-hybridized carbons (Fsp3) is 0.294. The number of aromatic amines is 1. The second-order valence-corrected chi connectivity index (χ2v) is 6.42. The predicted molar refractivity (Wildman–Crippen MR) is 92.2 cm³/mol. The van der Waals surface area contributed by atoms with Crippen molar-refractivity contribution in [1.29, 1.82) is 0 Å². The number of fused-ring (bicyclic) bond motifs is 1. The van der Waals surface area contributed by atoms with Crippen LogP contribution in [0, 0.1) is 6.92 Å². The van der Waals surface area contributed by atoms with E-state index in [1.54, 1.807) is 0 Å². The summed E-state index contributed by atoms with van der Waals surface area (Å²) >= 11 is 6.03. The van der Waals surface area contributed by atoms with Crippen LogP contribution in [0.25, 0.3) is 5.65 Å². The highest BCUT2D eigenvalue weighted by Crippen LogP contribution is 2.16. The summed E-state index contributed by atoms with van der Waals surface area (Å²) in [4.78, 5) is 19.5. The van der Waals surface area contributed by atoms with Gasteiger partial charge in [-0.1, -0.05) is 23.7 Å². The van der Waals surface area contributed by atoms with Gasteiger partial charge in [-0.25, -0.2) is 9.50 Å². The van der Waals surface area contributed by atoms with Crippen LogP contribution < -0.4 is 5.56 Å². The first-order chi connectivity index (χ1) is 11.0. The summed E-state index contributed by atoms with van der Waals surface area (Å²) in [6.07, 6.45) is 2.36. The van der Waals surface area contributed by atoms with Gasteiger partial charge in [0.25, 0.3) is 5.56 Å². The first-order valence-electron chi connectivity index (χ1n) is 7.43. The summed E-state index contributed by atoms with van der Waals surface area (Å²) in [5.41, 5.74) is 4.08. The lowest BCUT2D eigenvalue weighted by atomic mass is 10.1. The fourth-order valence-electron chi connectivity index (χ4n) is 2.72. The number of halogens is 1. The van der Waals surface area contributed by atoms with Gasteiger partial charge in [0.15, 0.2) is 5.65 Å². The highest BCUT2D eigenvalue weighted by molar-refractivity contribution is 6.30. The highest BCUT2D eigenvalue weighted by Gasteiger charge is 2.14. The Morgan fingerprint density at radius 2 is 2.13 bits per heavy atom. The molecule has 5 nitrogen and oxygen atoms in total. The van der Waals surface area contributed by atoms with Crippen molar-refractivity contribution in [3.05, 3.63) is 68.2 Å². The highest BCUT2D eigenvalue weighted by atomic mass is 35.5. The molecule has 0 aliphatic carbocycles. The summed E-state index contributed by atoms with van der Waals surface area (Å²) < 4.78 is 1.52. The molecule has 120 valence electrons. The minimum Gasteiger partial charge on any atom is -0.305 e. The van der Waals surface area contributed by atoms with Crippen molar-refractivity contribution in [1.82, 2.24) is 19.5 Å². The van der Waals surface area contributed by atoms with Crippen LogP contribution in [-0.4, -0.2) is 33.6 Å². The van der Waals surface area contributed by atoms with E-state index in [-0.39, 0.29) is 5.56 Å². The standard InChI is InChI=1S/C17H19ClN4O/c1-11-15(8-12-5-4-6-14(18)7-12)17(23)22-16(20-11)13(9-19-22)10-21(2)3/h4-7,9,19H,8,10H2,1-3H3. The number of H-pyrrole nitrogens is 1. The van der Waals surface area contributed by atoms with E-state index < -0.39 is 0 Å². The summed E-state index contributed by atoms with van der Waals surface area (Å²) in [6.45, 7) is 2.61. The minimum atomic E-state index is -0.0579. The summed E-state index contributed by atoms with van der Waals surface area (Å²) in [5, 5.41) is 3.68. The van der Waals surface area contributed by atoms with E-state index in [1.165, 1.54) is 4.52 Å². The van der Waals surface area contributed by atoms with Gasteiger partial charge >= 0.3 is 0 Å². The molecule has 0 aliphatic rings. The van der Waals surface area contributed by atoms with Gasteiger partial charge < -0.3 is 4.90 Å². The lowest BCUT2D eigenvalue weighted by Gasteiger charge is -2.09. The predicted octanol–water partition coefficient (Wildman–Crippen LogP) is 2.64. The van der Waals surface area contributed by atoms with Crippen molar-refractivity contribution in [2.45, 2.75) is 19.9 Å². The number of aryl methyl sites for hydroxylation is 1. The largest absolute Gasteiger partial charge is 0.305 e. The van der Waals surface area contributed by atoms with Crippen molar-refractivity contribution < 1.29 is 0 Å². The maximum atomic E-state index is 12.8. The lowest BCUT2D eigenvalue weighted by molar-refractivity contribution is 0.403. The number of rotatable bonds is 4. The van der Waals surface area contributed by atoms with Crippen LogP contribution in [-0.2, 0) is 13.0 Å². The van der Waals surface area contributed by atoms with Gasteiger partial charge in [0.05, 0.1) is 0 Å². The average molecular weight is 331 g/mol. The zero-order chi connectivity index (χ0) is 16.6. The molecule has 0 atom stereocenters. The van der Waals surface area contributed by atoms with E-state index in [4.69, 9.17) is 11.6 Å². The van der Waals surface area contributed by atoms with Gasteiger partial charge in [-0.15, -0.1) is 0 Å². The first-order valence-corrected chi connectivity index (χ1v) is 7.81. The lowest BCUT2D eigenvalue weighted by Crippen LogP contribution is -2.22. The molecule has 3 aromatic rings. The molecule has 23 heavy (non-hydrogen) atoms. The molecule has 3 rings (SSSR count). The maximum absolute atomic E-state index is 12.8. The quantitative estimate of drug-likeness (QED) is 0.800. The molecule has 0 radical (unpaired) electrons. The van der Waals surface area contributed by atoms with Gasteiger partial charge in [0.2, 0.25) is 0 Å². The molecule has 0 amide bonds. The summed E-state index contributed by atoms with van der Waals surface area (Å²) in [7, 11) is 3.98. The normalized spacial score (nSPS) is 11.5.